The van der Waals surface area contributed by atoms with Gasteiger partial charge in [0.05, 0.1) is 19.3 Å². The molecule has 0 aliphatic heterocycles. The highest BCUT2D eigenvalue weighted by Gasteiger charge is 2.36. The molecule has 1 heterocycles. The summed E-state index contributed by atoms with van der Waals surface area (Å²) in [5.74, 6) is -3.40. The zero-order chi connectivity index (χ0) is 26.4. The molecule has 1 aromatic heterocycles. The highest BCUT2D eigenvalue weighted by atomic mass is 32.2. The Balaban J connectivity index is 1.59. The number of carbonyl (C=O) groups is 2. The van der Waals surface area contributed by atoms with E-state index < -0.39 is 33.1 Å². The molecular formula is C28H27N3O5S. The van der Waals surface area contributed by atoms with Gasteiger partial charge in [0, 0.05) is 11.8 Å². The molecule has 0 radical (unpaired) electrons. The van der Waals surface area contributed by atoms with Crippen molar-refractivity contribution in [3.05, 3.63) is 115 Å². The molecule has 8 nitrogen and oxygen atoms in total. The van der Waals surface area contributed by atoms with E-state index >= 15 is 0 Å². The fourth-order valence-electron chi connectivity index (χ4n) is 4.09. The first-order valence-electron chi connectivity index (χ1n) is 11.7. The van der Waals surface area contributed by atoms with Crippen molar-refractivity contribution in [2.75, 3.05) is 6.61 Å². The number of nitrogens with one attached hydrogen (secondary N) is 1. The summed E-state index contributed by atoms with van der Waals surface area (Å²) in [5.41, 5.74) is 1.64. The van der Waals surface area contributed by atoms with E-state index in [4.69, 9.17) is 4.74 Å². The van der Waals surface area contributed by atoms with E-state index in [2.05, 4.69) is 16.4 Å². The second kappa shape index (κ2) is 11.2. The van der Waals surface area contributed by atoms with Crippen LogP contribution in [-0.2, 0) is 30.9 Å². The predicted molar refractivity (Wildman–Crippen MR) is 141 cm³/mol. The first kappa shape index (κ1) is 25.8. The van der Waals surface area contributed by atoms with E-state index in [-0.39, 0.29) is 12.2 Å². The van der Waals surface area contributed by atoms with Crippen LogP contribution in [0.5, 0.6) is 0 Å². The Morgan fingerprint density at radius 3 is 2.43 bits per heavy atom. The third kappa shape index (κ3) is 5.95. The summed E-state index contributed by atoms with van der Waals surface area (Å²) < 4.78 is 35.3. The van der Waals surface area contributed by atoms with Crippen LogP contribution in [0.3, 0.4) is 0 Å². The molecule has 0 spiro atoms. The van der Waals surface area contributed by atoms with Gasteiger partial charge in [-0.1, -0.05) is 72.8 Å². The average molecular weight is 518 g/mol. The summed E-state index contributed by atoms with van der Waals surface area (Å²) in [6.07, 6.45) is 4.15. The van der Waals surface area contributed by atoms with Crippen molar-refractivity contribution in [1.29, 1.82) is 0 Å². The van der Waals surface area contributed by atoms with E-state index in [0.717, 1.165) is 16.3 Å². The van der Waals surface area contributed by atoms with Gasteiger partial charge < -0.3 is 4.74 Å². The molecule has 2 unspecified atom stereocenters. The van der Waals surface area contributed by atoms with Crippen LogP contribution in [0.2, 0.25) is 0 Å². The summed E-state index contributed by atoms with van der Waals surface area (Å²) in [5, 5.41) is 4.83. The van der Waals surface area contributed by atoms with Crippen molar-refractivity contribution >= 4 is 32.7 Å². The van der Waals surface area contributed by atoms with E-state index in [0.29, 0.717) is 12.1 Å². The molecule has 4 rings (SSSR count). The fraction of sp³-hybridized carbons (Fsp3) is 0.179. The van der Waals surface area contributed by atoms with Gasteiger partial charge in [0.25, 0.3) is 5.91 Å². The van der Waals surface area contributed by atoms with Gasteiger partial charge in [0.2, 0.25) is 10.0 Å². The molecule has 3 aromatic carbocycles. The topological polar surface area (TPSA) is 107 Å². The Kier molecular flexibility index (Phi) is 7.83. The van der Waals surface area contributed by atoms with Gasteiger partial charge in [0.1, 0.15) is 5.25 Å². The van der Waals surface area contributed by atoms with Gasteiger partial charge in [-0.3, -0.25) is 19.0 Å². The van der Waals surface area contributed by atoms with Gasteiger partial charge in [-0.25, -0.2) is 8.42 Å². The molecule has 0 saturated heterocycles. The quantitative estimate of drug-likeness (QED) is 0.193. The van der Waals surface area contributed by atoms with Crippen LogP contribution in [0.25, 0.3) is 10.8 Å². The molecule has 0 aliphatic carbocycles. The third-order valence-corrected chi connectivity index (χ3v) is 7.47. The molecule has 1 amide bonds. The summed E-state index contributed by atoms with van der Waals surface area (Å²) in [6, 6.07) is 22.3. The Hall–Kier alpha value is -4.24. The van der Waals surface area contributed by atoms with Crippen molar-refractivity contribution < 1.29 is 22.7 Å². The van der Waals surface area contributed by atoms with E-state index in [9.17, 15) is 18.0 Å². The van der Waals surface area contributed by atoms with Crippen molar-refractivity contribution in [3.63, 3.8) is 0 Å². The zero-order valence-corrected chi connectivity index (χ0v) is 21.1. The molecule has 0 bridgehead atoms. The van der Waals surface area contributed by atoms with Gasteiger partial charge in [-0.2, -0.15) is 5.10 Å². The van der Waals surface area contributed by atoms with Crippen molar-refractivity contribution in [3.8, 4) is 0 Å². The van der Waals surface area contributed by atoms with Gasteiger partial charge in [0.15, 0.2) is 5.92 Å². The molecule has 0 fully saturated rings. The second-order valence-corrected chi connectivity index (χ2v) is 10.2. The number of hydrogen-bond donors (Lipinski definition) is 1. The van der Waals surface area contributed by atoms with Gasteiger partial charge in [-0.05, 0) is 34.9 Å². The monoisotopic (exact) mass is 517 g/mol. The van der Waals surface area contributed by atoms with Crippen LogP contribution in [0.4, 0.5) is 0 Å². The number of esters is 1. The maximum absolute atomic E-state index is 13.3. The van der Waals surface area contributed by atoms with E-state index in [1.165, 1.54) is 18.5 Å². The number of nitrogens with zero attached hydrogens (tertiary/aromatic N) is 2. The highest BCUT2D eigenvalue weighted by molar-refractivity contribution is 7.90. The van der Waals surface area contributed by atoms with Crippen LogP contribution in [-0.4, -0.2) is 36.7 Å². The maximum Gasteiger partial charge on any atom is 0.323 e. The minimum Gasteiger partial charge on any atom is -0.465 e. The van der Waals surface area contributed by atoms with Crippen LogP contribution >= 0.6 is 0 Å². The molecule has 37 heavy (non-hydrogen) atoms. The minimum absolute atomic E-state index is 0.0277. The largest absolute Gasteiger partial charge is 0.465 e. The number of aromatic nitrogens is 2. The third-order valence-electron chi connectivity index (χ3n) is 5.85. The molecule has 1 N–H and O–H groups in total. The maximum atomic E-state index is 13.3. The number of amides is 1. The normalized spacial score (nSPS) is 13.0. The lowest BCUT2D eigenvalue weighted by Gasteiger charge is -2.18. The summed E-state index contributed by atoms with van der Waals surface area (Å²) in [7, 11) is -4.29. The van der Waals surface area contributed by atoms with Crippen LogP contribution in [0.1, 0.15) is 34.8 Å². The Labute approximate surface area is 215 Å². The number of rotatable bonds is 10. The second-order valence-electron chi connectivity index (χ2n) is 8.42. The minimum atomic E-state index is -4.29. The molecule has 190 valence electrons. The van der Waals surface area contributed by atoms with Crippen molar-refractivity contribution in [2.45, 2.75) is 24.6 Å². The smallest absolute Gasteiger partial charge is 0.323 e. The lowest BCUT2D eigenvalue weighted by atomic mass is 10.0. The number of carbonyl (C=O) groups excluding carboxylic acids is 2. The van der Waals surface area contributed by atoms with Crippen LogP contribution in [0, 0.1) is 0 Å². The highest BCUT2D eigenvalue weighted by Crippen LogP contribution is 2.27. The Morgan fingerprint density at radius 1 is 1.03 bits per heavy atom. The summed E-state index contributed by atoms with van der Waals surface area (Å²) >= 11 is 0. The predicted octanol–water partition coefficient (Wildman–Crippen LogP) is 4.10. The molecular weight excluding hydrogens is 490 g/mol. The molecule has 0 saturated carbocycles. The van der Waals surface area contributed by atoms with Crippen molar-refractivity contribution in [1.82, 2.24) is 14.5 Å². The fourth-order valence-corrected chi connectivity index (χ4v) is 5.38. The van der Waals surface area contributed by atoms with Gasteiger partial charge in [-0.15, -0.1) is 6.58 Å². The molecule has 4 aromatic rings. The summed E-state index contributed by atoms with van der Waals surface area (Å²) in [6.45, 7) is 5.71. The number of ether oxygens (including phenoxy) is 1. The number of fused-ring (bicyclic) bond motifs is 1. The molecule has 9 heteroatoms. The first-order valence-corrected chi connectivity index (χ1v) is 13.3. The lowest BCUT2D eigenvalue weighted by molar-refractivity contribution is -0.147. The van der Waals surface area contributed by atoms with Crippen LogP contribution in [0.15, 0.2) is 97.8 Å². The van der Waals surface area contributed by atoms with E-state index in [1.54, 1.807) is 29.8 Å². The Morgan fingerprint density at radius 2 is 1.73 bits per heavy atom. The standard InChI is InChI=1S/C28H27N3O5S/c1-3-25(23-15-14-21-12-8-9-13-22(21)16-23)37(34,35)30-27(32)26(28(33)36-4-2)24-17-29-31(19-24)18-20-10-6-5-7-11-20/h3,5-17,19,25-26H,1,4,18H2,2H3,(H,30,32). The lowest BCUT2D eigenvalue weighted by Crippen LogP contribution is -2.40. The SMILES string of the molecule is C=CC(c1ccc2ccccc2c1)S(=O)(=O)NC(=O)C(C(=O)OCC)c1cnn(Cc2ccccc2)c1. The summed E-state index contributed by atoms with van der Waals surface area (Å²) in [4.78, 5) is 26.0. The number of sulfonamides is 1. The molecule has 0 aliphatic rings. The first-order chi connectivity index (χ1) is 17.8. The van der Waals surface area contributed by atoms with Gasteiger partial charge >= 0.3 is 5.97 Å². The number of benzene rings is 3. The Bertz CT molecular complexity index is 1530. The van der Waals surface area contributed by atoms with Crippen LogP contribution < -0.4 is 4.72 Å². The van der Waals surface area contributed by atoms with Crippen molar-refractivity contribution in [2.24, 2.45) is 0 Å². The average Bonchev–Trinajstić information content (AvgIpc) is 3.32. The zero-order valence-electron chi connectivity index (χ0n) is 20.3. The van der Waals surface area contributed by atoms with E-state index in [1.807, 2.05) is 54.6 Å². The number of hydrogen-bond acceptors (Lipinski definition) is 6. The molecule has 2 atom stereocenters.